The number of ether oxygens (including phenoxy) is 1. The summed E-state index contributed by atoms with van der Waals surface area (Å²) >= 11 is 0. The fourth-order valence-corrected chi connectivity index (χ4v) is 2.18. The first-order valence-corrected chi connectivity index (χ1v) is 7.19. The van der Waals surface area contributed by atoms with Gasteiger partial charge in [-0.25, -0.2) is 4.68 Å². The molecule has 112 valence electrons. The molecule has 2 aromatic rings. The van der Waals surface area contributed by atoms with Crippen LogP contribution in [0.4, 0.5) is 0 Å². The van der Waals surface area contributed by atoms with E-state index in [1.54, 1.807) is 11.8 Å². The van der Waals surface area contributed by atoms with E-state index >= 15 is 0 Å². The molecule has 1 aromatic carbocycles. The molecular formula is C15H20N4O2. The summed E-state index contributed by atoms with van der Waals surface area (Å²) in [6.07, 6.45) is 3.75. The Labute approximate surface area is 123 Å². The fourth-order valence-electron chi connectivity index (χ4n) is 2.18. The number of hydrogen-bond donors (Lipinski definition) is 2. The van der Waals surface area contributed by atoms with E-state index in [2.05, 4.69) is 15.6 Å². The molecule has 0 saturated heterocycles. The Morgan fingerprint density at radius 2 is 2.33 bits per heavy atom. The number of hydrogen-bond acceptors (Lipinski definition) is 5. The van der Waals surface area contributed by atoms with Crippen LogP contribution < -0.4 is 10.1 Å². The quantitative estimate of drug-likeness (QED) is 0.803. The number of aliphatic hydroxyl groups is 1. The van der Waals surface area contributed by atoms with Gasteiger partial charge in [-0.15, -0.1) is 5.10 Å². The first-order chi connectivity index (χ1) is 10.2. The summed E-state index contributed by atoms with van der Waals surface area (Å²) in [5, 5.41) is 21.8. The third-order valence-corrected chi connectivity index (χ3v) is 3.57. The van der Waals surface area contributed by atoms with Gasteiger partial charge in [0.05, 0.1) is 25.5 Å². The van der Waals surface area contributed by atoms with Crippen molar-refractivity contribution >= 4 is 0 Å². The number of nitrogens with zero attached hydrogens (tertiary/aromatic N) is 3. The molecule has 1 aliphatic rings. The molecule has 1 aromatic heterocycles. The largest absolute Gasteiger partial charge is 0.497 e. The topological polar surface area (TPSA) is 72.2 Å². The van der Waals surface area contributed by atoms with E-state index in [1.807, 2.05) is 30.5 Å². The zero-order chi connectivity index (χ0) is 14.7. The van der Waals surface area contributed by atoms with Crippen molar-refractivity contribution in [3.05, 3.63) is 41.7 Å². The lowest BCUT2D eigenvalue weighted by atomic mass is 10.1. The highest BCUT2D eigenvalue weighted by atomic mass is 16.5. The lowest BCUT2D eigenvalue weighted by Crippen LogP contribution is -2.15. The maximum atomic E-state index is 10.3. The average molecular weight is 288 g/mol. The van der Waals surface area contributed by atoms with Crippen LogP contribution in [-0.4, -0.2) is 33.3 Å². The van der Waals surface area contributed by atoms with Gasteiger partial charge in [-0.2, -0.15) is 0 Å². The molecule has 3 rings (SSSR count). The minimum atomic E-state index is -0.633. The number of methoxy groups -OCH3 is 1. The van der Waals surface area contributed by atoms with E-state index in [1.165, 1.54) is 12.8 Å². The van der Waals surface area contributed by atoms with Gasteiger partial charge in [0.25, 0.3) is 0 Å². The monoisotopic (exact) mass is 288 g/mol. The van der Waals surface area contributed by atoms with E-state index in [4.69, 9.17) is 4.74 Å². The standard InChI is InChI=1S/C15H20N4O2/c1-21-14-4-2-3-11(7-14)15(20)10-19-9-13(17-18-19)8-16-12-5-6-12/h2-4,7,9,12,15-16,20H,5-6,8,10H2,1H3. The second kappa shape index (κ2) is 6.24. The van der Waals surface area contributed by atoms with Crippen molar-refractivity contribution in [3.8, 4) is 5.75 Å². The summed E-state index contributed by atoms with van der Waals surface area (Å²) in [6, 6.07) is 8.07. The Morgan fingerprint density at radius 1 is 1.48 bits per heavy atom. The molecule has 1 atom stereocenters. The number of nitrogens with one attached hydrogen (secondary N) is 1. The Kier molecular flexibility index (Phi) is 4.17. The molecule has 0 aliphatic heterocycles. The highest BCUT2D eigenvalue weighted by molar-refractivity contribution is 5.29. The van der Waals surface area contributed by atoms with Crippen LogP contribution in [0, 0.1) is 0 Å². The normalized spacial score (nSPS) is 15.9. The second-order valence-corrected chi connectivity index (χ2v) is 5.38. The molecule has 2 N–H and O–H groups in total. The Balaban J connectivity index is 1.59. The van der Waals surface area contributed by atoms with Crippen molar-refractivity contribution in [2.75, 3.05) is 7.11 Å². The highest BCUT2D eigenvalue weighted by Crippen LogP contribution is 2.21. The van der Waals surface area contributed by atoms with Gasteiger partial charge in [0.1, 0.15) is 5.75 Å². The predicted octanol–water partition coefficient (Wildman–Crippen LogP) is 1.27. The predicted molar refractivity (Wildman–Crippen MR) is 77.8 cm³/mol. The number of aliphatic hydroxyl groups excluding tert-OH is 1. The van der Waals surface area contributed by atoms with Crippen LogP contribution in [0.15, 0.2) is 30.5 Å². The first kappa shape index (κ1) is 14.0. The van der Waals surface area contributed by atoms with Gasteiger partial charge >= 0.3 is 0 Å². The molecular weight excluding hydrogens is 268 g/mol. The smallest absolute Gasteiger partial charge is 0.119 e. The number of rotatable bonds is 7. The van der Waals surface area contributed by atoms with Gasteiger partial charge < -0.3 is 15.2 Å². The summed E-state index contributed by atoms with van der Waals surface area (Å²) in [6.45, 7) is 1.11. The lowest BCUT2D eigenvalue weighted by molar-refractivity contribution is 0.150. The fraction of sp³-hybridized carbons (Fsp3) is 0.467. The zero-order valence-electron chi connectivity index (χ0n) is 12.1. The number of benzene rings is 1. The maximum absolute atomic E-state index is 10.3. The van der Waals surface area contributed by atoms with Crippen LogP contribution in [0.25, 0.3) is 0 Å². The molecule has 6 nitrogen and oxygen atoms in total. The van der Waals surface area contributed by atoms with Crippen molar-refractivity contribution < 1.29 is 9.84 Å². The lowest BCUT2D eigenvalue weighted by Gasteiger charge is -2.11. The summed E-state index contributed by atoms with van der Waals surface area (Å²) in [4.78, 5) is 0. The molecule has 21 heavy (non-hydrogen) atoms. The first-order valence-electron chi connectivity index (χ1n) is 7.19. The molecule has 0 radical (unpaired) electrons. The van der Waals surface area contributed by atoms with Gasteiger partial charge in [-0.3, -0.25) is 0 Å². The average Bonchev–Trinajstić information content (AvgIpc) is 3.24. The van der Waals surface area contributed by atoms with Gasteiger partial charge in [-0.05, 0) is 30.5 Å². The third-order valence-electron chi connectivity index (χ3n) is 3.57. The summed E-state index contributed by atoms with van der Waals surface area (Å²) in [5.41, 5.74) is 1.71. The van der Waals surface area contributed by atoms with Gasteiger partial charge in [-0.1, -0.05) is 17.3 Å². The maximum Gasteiger partial charge on any atom is 0.119 e. The Morgan fingerprint density at radius 3 is 3.10 bits per heavy atom. The van der Waals surface area contributed by atoms with Crippen LogP contribution in [0.2, 0.25) is 0 Å². The van der Waals surface area contributed by atoms with Gasteiger partial charge in [0.15, 0.2) is 0 Å². The number of aromatic nitrogens is 3. The van der Waals surface area contributed by atoms with E-state index in [0.717, 1.165) is 23.6 Å². The molecule has 0 bridgehead atoms. The molecule has 1 fully saturated rings. The van der Waals surface area contributed by atoms with Crippen molar-refractivity contribution in [3.63, 3.8) is 0 Å². The van der Waals surface area contributed by atoms with Crippen LogP contribution in [0.5, 0.6) is 5.75 Å². The molecule has 1 unspecified atom stereocenters. The summed E-state index contributed by atoms with van der Waals surface area (Å²) < 4.78 is 6.84. The van der Waals surface area contributed by atoms with E-state index in [0.29, 0.717) is 12.6 Å². The molecule has 0 spiro atoms. The minimum absolute atomic E-state index is 0.379. The SMILES string of the molecule is COc1cccc(C(O)Cn2cc(CNC3CC3)nn2)c1. The molecule has 1 heterocycles. The summed E-state index contributed by atoms with van der Waals surface area (Å²) in [7, 11) is 1.61. The van der Waals surface area contributed by atoms with Crippen LogP contribution in [0.3, 0.4) is 0 Å². The zero-order valence-corrected chi connectivity index (χ0v) is 12.1. The van der Waals surface area contributed by atoms with Gasteiger partial charge in [0.2, 0.25) is 0 Å². The Bertz CT molecular complexity index is 595. The van der Waals surface area contributed by atoms with Crippen molar-refractivity contribution in [1.29, 1.82) is 0 Å². The van der Waals surface area contributed by atoms with Gasteiger partial charge in [0, 0.05) is 18.8 Å². The molecule has 0 amide bonds. The molecule has 1 aliphatic carbocycles. The third kappa shape index (κ3) is 3.80. The van der Waals surface area contributed by atoms with Crippen LogP contribution >= 0.6 is 0 Å². The Hall–Kier alpha value is -1.92. The second-order valence-electron chi connectivity index (χ2n) is 5.38. The summed E-state index contributed by atoms with van der Waals surface area (Å²) in [5.74, 6) is 0.736. The van der Waals surface area contributed by atoms with Crippen molar-refractivity contribution in [1.82, 2.24) is 20.3 Å². The highest BCUT2D eigenvalue weighted by Gasteiger charge is 2.20. The molecule has 6 heteroatoms. The van der Waals surface area contributed by atoms with Crippen molar-refractivity contribution in [2.45, 2.75) is 38.1 Å². The molecule has 1 saturated carbocycles. The minimum Gasteiger partial charge on any atom is -0.497 e. The van der Waals surface area contributed by atoms with E-state index in [-0.39, 0.29) is 0 Å². The van der Waals surface area contributed by atoms with Crippen LogP contribution in [0.1, 0.15) is 30.2 Å². The van der Waals surface area contributed by atoms with Crippen LogP contribution in [-0.2, 0) is 13.1 Å². The van der Waals surface area contributed by atoms with E-state index in [9.17, 15) is 5.11 Å². The van der Waals surface area contributed by atoms with E-state index < -0.39 is 6.10 Å². The van der Waals surface area contributed by atoms with Crippen molar-refractivity contribution in [2.24, 2.45) is 0 Å².